The Hall–Kier alpha value is -3.78. The van der Waals surface area contributed by atoms with E-state index in [-0.39, 0.29) is 11.6 Å². The number of aromatic nitrogens is 4. The van der Waals surface area contributed by atoms with Crippen LogP contribution in [0.5, 0.6) is 0 Å². The first-order valence-corrected chi connectivity index (χ1v) is 8.29. The average Bonchev–Trinajstić information content (AvgIpc) is 3.08. The van der Waals surface area contributed by atoms with Crippen LogP contribution < -0.4 is 16.5 Å². The van der Waals surface area contributed by atoms with Gasteiger partial charge in [-0.2, -0.15) is 0 Å². The molecule has 0 unspecified atom stereocenters. The van der Waals surface area contributed by atoms with Crippen LogP contribution in [0.25, 0.3) is 22.3 Å². The van der Waals surface area contributed by atoms with Gasteiger partial charge in [-0.25, -0.2) is 15.2 Å². The van der Waals surface area contributed by atoms with Gasteiger partial charge in [0.2, 0.25) is 0 Å². The smallest absolute Gasteiger partial charge is 0.304 e. The maximum atomic E-state index is 11.9. The summed E-state index contributed by atoms with van der Waals surface area (Å²) in [6, 6.07) is 13.1. The Balaban J connectivity index is 1.39. The number of pyridine rings is 2. The number of rotatable bonds is 5. The molecule has 0 aliphatic rings. The van der Waals surface area contributed by atoms with Crippen LogP contribution in [0.4, 0.5) is 0 Å². The molecule has 27 heavy (non-hydrogen) atoms. The van der Waals surface area contributed by atoms with E-state index in [1.54, 1.807) is 24.5 Å². The lowest BCUT2D eigenvalue weighted by atomic mass is 10.1. The number of amides is 1. The number of nitrogens with one attached hydrogen (secondary N) is 4. The molecule has 0 saturated carbocycles. The minimum Gasteiger partial charge on any atom is -0.304 e. The average molecular weight is 360 g/mol. The molecule has 0 fully saturated rings. The molecule has 0 atom stereocenters. The fourth-order valence-electron chi connectivity index (χ4n) is 2.69. The summed E-state index contributed by atoms with van der Waals surface area (Å²) in [4.78, 5) is 36.8. The zero-order chi connectivity index (χ0) is 18.6. The van der Waals surface area contributed by atoms with Crippen LogP contribution in [0.15, 0.2) is 65.8 Å². The van der Waals surface area contributed by atoms with Crippen molar-refractivity contribution in [2.75, 3.05) is 0 Å². The molecule has 3 aromatic heterocycles. The van der Waals surface area contributed by atoms with Crippen molar-refractivity contribution in [3.05, 3.63) is 82.7 Å². The Morgan fingerprint density at radius 1 is 1.04 bits per heavy atom. The SMILES string of the molecule is O=C(NNCc1ccc(-c2cnc3[nH]c(=O)[nH]c3c2)cc1)c1cccnc1. The van der Waals surface area contributed by atoms with Gasteiger partial charge >= 0.3 is 5.69 Å². The third-order valence-corrected chi connectivity index (χ3v) is 4.07. The molecule has 0 aliphatic carbocycles. The topological polar surface area (TPSA) is 116 Å². The molecule has 1 amide bonds. The number of imidazole rings is 1. The van der Waals surface area contributed by atoms with Crippen molar-refractivity contribution in [2.24, 2.45) is 0 Å². The highest BCUT2D eigenvalue weighted by atomic mass is 16.2. The standard InChI is InChI=1S/C19H16N6O2/c26-18(14-2-1-7-20-10-14)25-22-9-12-3-5-13(6-4-12)15-8-16-17(21-11-15)24-19(27)23-16/h1-8,10-11,22H,9H2,(H,25,26)(H2,21,23,24,27). The van der Waals surface area contributed by atoms with E-state index >= 15 is 0 Å². The molecule has 3 heterocycles. The molecule has 4 aromatic rings. The predicted molar refractivity (Wildman–Crippen MR) is 101 cm³/mol. The number of benzene rings is 1. The Morgan fingerprint density at radius 3 is 2.67 bits per heavy atom. The Morgan fingerprint density at radius 2 is 1.89 bits per heavy atom. The van der Waals surface area contributed by atoms with E-state index in [4.69, 9.17) is 0 Å². The number of hydrogen-bond acceptors (Lipinski definition) is 5. The fourth-order valence-corrected chi connectivity index (χ4v) is 2.69. The second kappa shape index (κ2) is 7.22. The lowest BCUT2D eigenvalue weighted by Crippen LogP contribution is -2.36. The molecular weight excluding hydrogens is 344 g/mol. The zero-order valence-electron chi connectivity index (χ0n) is 14.2. The van der Waals surface area contributed by atoms with Gasteiger partial charge in [0.15, 0.2) is 5.65 Å². The minimum absolute atomic E-state index is 0.236. The molecule has 4 rings (SSSR count). The monoisotopic (exact) mass is 360 g/mol. The quantitative estimate of drug-likeness (QED) is 0.405. The molecule has 0 radical (unpaired) electrons. The molecule has 8 heteroatoms. The van der Waals surface area contributed by atoms with E-state index in [2.05, 4.69) is 30.8 Å². The van der Waals surface area contributed by atoms with Gasteiger partial charge in [0.05, 0.1) is 11.1 Å². The number of hydrogen-bond donors (Lipinski definition) is 4. The Kier molecular flexibility index (Phi) is 4.46. The minimum atomic E-state index is -0.274. The normalized spacial score (nSPS) is 10.8. The van der Waals surface area contributed by atoms with Crippen molar-refractivity contribution < 1.29 is 4.79 Å². The molecular formula is C19H16N6O2. The van der Waals surface area contributed by atoms with Gasteiger partial charge in [0, 0.05) is 30.7 Å². The summed E-state index contributed by atoms with van der Waals surface area (Å²) in [5.41, 5.74) is 9.86. The summed E-state index contributed by atoms with van der Waals surface area (Å²) in [6.07, 6.45) is 4.84. The van der Waals surface area contributed by atoms with Crippen LogP contribution in [-0.4, -0.2) is 25.8 Å². The van der Waals surface area contributed by atoms with Gasteiger partial charge < -0.3 is 4.98 Å². The van der Waals surface area contributed by atoms with Crippen LogP contribution >= 0.6 is 0 Å². The van der Waals surface area contributed by atoms with Crippen molar-refractivity contribution in [1.29, 1.82) is 0 Å². The van der Waals surface area contributed by atoms with E-state index in [1.807, 2.05) is 30.3 Å². The van der Waals surface area contributed by atoms with Gasteiger partial charge in [0.1, 0.15) is 0 Å². The third-order valence-electron chi connectivity index (χ3n) is 4.07. The van der Waals surface area contributed by atoms with Crippen molar-refractivity contribution in [1.82, 2.24) is 30.8 Å². The van der Waals surface area contributed by atoms with Crippen LogP contribution in [0.1, 0.15) is 15.9 Å². The fraction of sp³-hybridized carbons (Fsp3) is 0.0526. The van der Waals surface area contributed by atoms with Crippen molar-refractivity contribution in [3.63, 3.8) is 0 Å². The first-order valence-electron chi connectivity index (χ1n) is 8.29. The number of carbonyl (C=O) groups is 1. The maximum Gasteiger partial charge on any atom is 0.325 e. The van der Waals surface area contributed by atoms with Crippen LogP contribution in [0.3, 0.4) is 0 Å². The Bertz CT molecular complexity index is 1130. The number of hydrazine groups is 1. The summed E-state index contributed by atoms with van der Waals surface area (Å²) in [6.45, 7) is 0.481. The molecule has 0 saturated heterocycles. The maximum absolute atomic E-state index is 11.9. The van der Waals surface area contributed by atoms with E-state index in [0.717, 1.165) is 16.7 Å². The lowest BCUT2D eigenvalue weighted by Gasteiger charge is -2.08. The molecule has 0 spiro atoms. The number of aromatic amines is 2. The summed E-state index contributed by atoms with van der Waals surface area (Å²) in [7, 11) is 0. The highest BCUT2D eigenvalue weighted by molar-refractivity contribution is 5.93. The molecule has 134 valence electrons. The van der Waals surface area contributed by atoms with E-state index < -0.39 is 0 Å². The Labute approximate surface area is 153 Å². The highest BCUT2D eigenvalue weighted by Gasteiger charge is 2.05. The van der Waals surface area contributed by atoms with E-state index in [1.165, 1.54) is 6.20 Å². The molecule has 8 nitrogen and oxygen atoms in total. The predicted octanol–water partition coefficient (Wildman–Crippen LogP) is 1.75. The largest absolute Gasteiger partial charge is 0.325 e. The number of carbonyl (C=O) groups excluding carboxylic acids is 1. The molecule has 0 bridgehead atoms. The molecule has 1 aromatic carbocycles. The summed E-state index contributed by atoms with van der Waals surface area (Å²) in [5.74, 6) is -0.236. The van der Waals surface area contributed by atoms with Gasteiger partial charge in [-0.1, -0.05) is 24.3 Å². The summed E-state index contributed by atoms with van der Waals surface area (Å²) < 4.78 is 0. The van der Waals surface area contributed by atoms with Crippen molar-refractivity contribution in [2.45, 2.75) is 6.54 Å². The summed E-state index contributed by atoms with van der Waals surface area (Å²) >= 11 is 0. The second-order valence-corrected chi connectivity index (χ2v) is 5.95. The number of nitrogens with zero attached hydrogens (tertiary/aromatic N) is 2. The highest BCUT2D eigenvalue weighted by Crippen LogP contribution is 2.21. The van der Waals surface area contributed by atoms with Gasteiger partial charge in [-0.05, 0) is 29.3 Å². The van der Waals surface area contributed by atoms with E-state index in [0.29, 0.717) is 23.3 Å². The first-order chi connectivity index (χ1) is 13.2. The van der Waals surface area contributed by atoms with Gasteiger partial charge in [-0.3, -0.25) is 20.2 Å². The number of fused-ring (bicyclic) bond motifs is 1. The first kappa shape index (κ1) is 16.7. The van der Waals surface area contributed by atoms with Crippen LogP contribution in [0, 0.1) is 0 Å². The van der Waals surface area contributed by atoms with Crippen molar-refractivity contribution >= 4 is 17.1 Å². The molecule has 4 N–H and O–H groups in total. The lowest BCUT2D eigenvalue weighted by molar-refractivity contribution is 0.0932. The van der Waals surface area contributed by atoms with Gasteiger partial charge in [-0.15, -0.1) is 0 Å². The third kappa shape index (κ3) is 3.75. The zero-order valence-corrected chi connectivity index (χ0v) is 14.2. The molecule has 0 aliphatic heterocycles. The van der Waals surface area contributed by atoms with Crippen LogP contribution in [-0.2, 0) is 6.54 Å². The second-order valence-electron chi connectivity index (χ2n) is 5.95. The summed E-state index contributed by atoms with van der Waals surface area (Å²) in [5, 5.41) is 0. The van der Waals surface area contributed by atoms with E-state index in [9.17, 15) is 9.59 Å². The van der Waals surface area contributed by atoms with Crippen LogP contribution in [0.2, 0.25) is 0 Å². The number of H-pyrrole nitrogens is 2. The van der Waals surface area contributed by atoms with Gasteiger partial charge in [0.25, 0.3) is 5.91 Å². The van der Waals surface area contributed by atoms with Crippen molar-refractivity contribution in [3.8, 4) is 11.1 Å².